The summed E-state index contributed by atoms with van der Waals surface area (Å²) < 4.78 is 0. The SMILES string of the molecule is NCCc1ccc(Cl)cc1N1CCCSCC1. The topological polar surface area (TPSA) is 29.3 Å². The minimum Gasteiger partial charge on any atom is -0.370 e. The van der Waals surface area contributed by atoms with Gasteiger partial charge in [0, 0.05) is 29.6 Å². The highest BCUT2D eigenvalue weighted by atomic mass is 35.5. The van der Waals surface area contributed by atoms with Crippen LogP contribution in [0.15, 0.2) is 18.2 Å². The van der Waals surface area contributed by atoms with Crippen molar-refractivity contribution < 1.29 is 0 Å². The van der Waals surface area contributed by atoms with Gasteiger partial charge in [0.1, 0.15) is 0 Å². The van der Waals surface area contributed by atoms with Crippen LogP contribution >= 0.6 is 23.4 Å². The van der Waals surface area contributed by atoms with Crippen LogP contribution in [0.4, 0.5) is 5.69 Å². The fourth-order valence-corrected chi connectivity index (χ4v) is 3.24. The van der Waals surface area contributed by atoms with Gasteiger partial charge in [0.15, 0.2) is 0 Å². The normalized spacial score (nSPS) is 16.9. The molecule has 0 aromatic heterocycles. The van der Waals surface area contributed by atoms with E-state index >= 15 is 0 Å². The van der Waals surface area contributed by atoms with Crippen LogP contribution in [0.5, 0.6) is 0 Å². The second-order valence-electron chi connectivity index (χ2n) is 4.26. The molecule has 1 aromatic carbocycles. The minimum atomic E-state index is 0.692. The van der Waals surface area contributed by atoms with Crippen molar-refractivity contribution in [3.8, 4) is 0 Å². The van der Waals surface area contributed by atoms with E-state index in [0.29, 0.717) is 6.54 Å². The third-order valence-corrected chi connectivity index (χ3v) is 4.31. The van der Waals surface area contributed by atoms with Crippen molar-refractivity contribution >= 4 is 29.1 Å². The van der Waals surface area contributed by atoms with Gasteiger partial charge in [-0.3, -0.25) is 0 Å². The molecule has 1 heterocycles. The van der Waals surface area contributed by atoms with Gasteiger partial charge >= 0.3 is 0 Å². The molecule has 0 spiro atoms. The zero-order valence-electron chi connectivity index (χ0n) is 9.99. The van der Waals surface area contributed by atoms with Crippen LogP contribution in [0.2, 0.25) is 5.02 Å². The van der Waals surface area contributed by atoms with Crippen molar-refractivity contribution in [2.75, 3.05) is 36.0 Å². The molecule has 94 valence electrons. The molecule has 4 heteroatoms. The average Bonchev–Trinajstić information content (AvgIpc) is 2.60. The average molecular weight is 271 g/mol. The quantitative estimate of drug-likeness (QED) is 0.916. The molecule has 1 aromatic rings. The van der Waals surface area contributed by atoms with Crippen LogP contribution in [-0.4, -0.2) is 31.1 Å². The van der Waals surface area contributed by atoms with Crippen LogP contribution in [0.3, 0.4) is 0 Å². The Morgan fingerprint density at radius 2 is 2.18 bits per heavy atom. The zero-order chi connectivity index (χ0) is 12.1. The predicted molar refractivity (Wildman–Crippen MR) is 78.4 cm³/mol. The summed E-state index contributed by atoms with van der Waals surface area (Å²) in [4.78, 5) is 2.46. The summed E-state index contributed by atoms with van der Waals surface area (Å²) in [5.74, 6) is 2.47. The molecule has 1 aliphatic heterocycles. The molecular formula is C13H19ClN2S. The van der Waals surface area contributed by atoms with Crippen molar-refractivity contribution in [2.24, 2.45) is 5.73 Å². The fraction of sp³-hybridized carbons (Fsp3) is 0.538. The first-order valence-corrected chi connectivity index (χ1v) is 7.65. The Balaban J connectivity index is 2.23. The molecule has 0 radical (unpaired) electrons. The molecular weight excluding hydrogens is 252 g/mol. The Hall–Kier alpha value is -0.380. The molecule has 1 aliphatic rings. The summed E-state index contributed by atoms with van der Waals surface area (Å²) in [6.07, 6.45) is 2.18. The number of hydrogen-bond donors (Lipinski definition) is 1. The molecule has 1 saturated heterocycles. The summed E-state index contributed by atoms with van der Waals surface area (Å²) in [7, 11) is 0. The van der Waals surface area contributed by atoms with Gasteiger partial charge in [-0.05, 0) is 42.8 Å². The van der Waals surface area contributed by atoms with Gasteiger partial charge in [0.2, 0.25) is 0 Å². The van der Waals surface area contributed by atoms with Gasteiger partial charge in [0.25, 0.3) is 0 Å². The van der Waals surface area contributed by atoms with Crippen molar-refractivity contribution in [1.82, 2.24) is 0 Å². The largest absolute Gasteiger partial charge is 0.370 e. The molecule has 0 unspecified atom stereocenters. The van der Waals surface area contributed by atoms with E-state index in [2.05, 4.69) is 17.0 Å². The van der Waals surface area contributed by atoms with Gasteiger partial charge < -0.3 is 10.6 Å². The molecule has 0 atom stereocenters. The lowest BCUT2D eigenvalue weighted by Gasteiger charge is -2.25. The highest BCUT2D eigenvalue weighted by Crippen LogP contribution is 2.27. The smallest absolute Gasteiger partial charge is 0.0426 e. The number of benzene rings is 1. The number of thioether (sulfide) groups is 1. The van der Waals surface area contributed by atoms with Crippen molar-refractivity contribution in [3.63, 3.8) is 0 Å². The Morgan fingerprint density at radius 1 is 1.29 bits per heavy atom. The van der Waals surface area contributed by atoms with Crippen LogP contribution < -0.4 is 10.6 Å². The van der Waals surface area contributed by atoms with Crippen molar-refractivity contribution in [2.45, 2.75) is 12.8 Å². The Morgan fingerprint density at radius 3 is 3.00 bits per heavy atom. The third-order valence-electron chi connectivity index (χ3n) is 3.02. The maximum Gasteiger partial charge on any atom is 0.0426 e. The molecule has 0 saturated carbocycles. The predicted octanol–water partition coefficient (Wildman–Crippen LogP) is 2.78. The number of halogens is 1. The lowest BCUT2D eigenvalue weighted by molar-refractivity contribution is 0.806. The van der Waals surface area contributed by atoms with E-state index in [4.69, 9.17) is 17.3 Å². The molecule has 2 rings (SSSR count). The first-order chi connectivity index (χ1) is 8.31. The van der Waals surface area contributed by atoms with E-state index in [1.165, 1.54) is 29.2 Å². The van der Waals surface area contributed by atoms with Gasteiger partial charge in [0.05, 0.1) is 0 Å². The summed E-state index contributed by atoms with van der Waals surface area (Å²) in [6.45, 7) is 2.94. The number of nitrogens with two attached hydrogens (primary N) is 1. The van der Waals surface area contributed by atoms with Crippen molar-refractivity contribution in [3.05, 3.63) is 28.8 Å². The number of rotatable bonds is 3. The summed E-state index contributed by atoms with van der Waals surface area (Å²) in [5, 5.41) is 0.817. The van der Waals surface area contributed by atoms with E-state index < -0.39 is 0 Å². The highest BCUT2D eigenvalue weighted by Gasteiger charge is 2.13. The van der Waals surface area contributed by atoms with Gasteiger partial charge in [-0.15, -0.1) is 0 Å². The zero-order valence-corrected chi connectivity index (χ0v) is 11.6. The van der Waals surface area contributed by atoms with Gasteiger partial charge in [-0.1, -0.05) is 17.7 Å². The van der Waals surface area contributed by atoms with Gasteiger partial charge in [-0.2, -0.15) is 11.8 Å². The van der Waals surface area contributed by atoms with Crippen LogP contribution in [0.25, 0.3) is 0 Å². The standard InChI is InChI=1S/C13H19ClN2S/c14-12-3-2-11(4-5-15)13(10-12)16-6-1-8-17-9-7-16/h2-3,10H,1,4-9,15H2. The van der Waals surface area contributed by atoms with Crippen LogP contribution in [0, 0.1) is 0 Å². The number of nitrogens with zero attached hydrogens (tertiary/aromatic N) is 1. The van der Waals surface area contributed by atoms with Gasteiger partial charge in [-0.25, -0.2) is 0 Å². The lowest BCUT2D eigenvalue weighted by atomic mass is 10.1. The Bertz CT molecular complexity index is 362. The first-order valence-electron chi connectivity index (χ1n) is 6.12. The Kier molecular flexibility index (Phi) is 5.01. The van der Waals surface area contributed by atoms with Crippen LogP contribution in [-0.2, 0) is 6.42 Å². The monoisotopic (exact) mass is 270 g/mol. The molecule has 0 aliphatic carbocycles. The summed E-state index contributed by atoms with van der Waals surface area (Å²) in [5.41, 5.74) is 8.28. The third kappa shape index (κ3) is 3.54. The Labute approximate surface area is 113 Å². The summed E-state index contributed by atoms with van der Waals surface area (Å²) in [6, 6.07) is 6.16. The molecule has 2 N–H and O–H groups in total. The molecule has 2 nitrogen and oxygen atoms in total. The van der Waals surface area contributed by atoms with Crippen LogP contribution in [0.1, 0.15) is 12.0 Å². The number of anilines is 1. The van der Waals surface area contributed by atoms with E-state index in [0.717, 1.165) is 24.5 Å². The fourth-order valence-electron chi connectivity index (χ4n) is 2.19. The van der Waals surface area contributed by atoms with E-state index in [9.17, 15) is 0 Å². The first kappa shape index (κ1) is 13.1. The second-order valence-corrected chi connectivity index (χ2v) is 5.93. The molecule has 1 fully saturated rings. The highest BCUT2D eigenvalue weighted by molar-refractivity contribution is 7.99. The molecule has 0 amide bonds. The second kappa shape index (κ2) is 6.53. The summed E-state index contributed by atoms with van der Waals surface area (Å²) >= 11 is 8.15. The van der Waals surface area contributed by atoms with E-state index in [1.54, 1.807) is 0 Å². The van der Waals surface area contributed by atoms with E-state index in [-0.39, 0.29) is 0 Å². The maximum atomic E-state index is 6.11. The minimum absolute atomic E-state index is 0.692. The maximum absolute atomic E-state index is 6.11. The van der Waals surface area contributed by atoms with Crippen molar-refractivity contribution in [1.29, 1.82) is 0 Å². The molecule has 0 bridgehead atoms. The van der Waals surface area contributed by atoms with E-state index in [1.807, 2.05) is 17.8 Å². The molecule has 17 heavy (non-hydrogen) atoms. The number of hydrogen-bond acceptors (Lipinski definition) is 3. The lowest BCUT2D eigenvalue weighted by Crippen LogP contribution is -2.27.